The predicted octanol–water partition coefficient (Wildman–Crippen LogP) is 2.20. The Labute approximate surface area is 111 Å². The molecular weight excluding hydrogens is 226 g/mol. The van der Waals surface area contributed by atoms with Gasteiger partial charge in [-0.05, 0) is 38.8 Å². The van der Waals surface area contributed by atoms with Crippen LogP contribution < -0.4 is 5.32 Å². The van der Waals surface area contributed by atoms with Crippen LogP contribution in [0.15, 0.2) is 6.07 Å². The fraction of sp³-hybridized carbons (Fsp3) is 0.786. The molecule has 0 aliphatic carbocycles. The van der Waals surface area contributed by atoms with E-state index < -0.39 is 0 Å². The van der Waals surface area contributed by atoms with Crippen LogP contribution in [0.4, 0.5) is 0 Å². The first-order chi connectivity index (χ1) is 8.72. The summed E-state index contributed by atoms with van der Waals surface area (Å²) in [5.41, 5.74) is 2.52. The van der Waals surface area contributed by atoms with Crippen molar-refractivity contribution >= 4 is 0 Å². The van der Waals surface area contributed by atoms with E-state index in [2.05, 4.69) is 41.9 Å². The number of ether oxygens (including phenoxy) is 1. The molecule has 1 N–H and O–H groups in total. The second kappa shape index (κ2) is 8.27. The third-order valence-electron chi connectivity index (χ3n) is 3.15. The Balaban J connectivity index is 2.44. The third-order valence-corrected chi connectivity index (χ3v) is 3.15. The fourth-order valence-electron chi connectivity index (χ4n) is 2.05. The zero-order valence-electron chi connectivity index (χ0n) is 12.2. The molecule has 0 aliphatic rings. The lowest BCUT2D eigenvalue weighted by Crippen LogP contribution is -2.26. The molecule has 4 heteroatoms. The highest BCUT2D eigenvalue weighted by atomic mass is 16.5. The first-order valence-electron chi connectivity index (χ1n) is 6.99. The molecule has 0 spiro atoms. The molecule has 0 aromatic carbocycles. The summed E-state index contributed by atoms with van der Waals surface area (Å²) < 4.78 is 7.20. The summed E-state index contributed by atoms with van der Waals surface area (Å²) in [6.45, 7) is 9.34. The average molecular weight is 253 g/mol. The van der Waals surface area contributed by atoms with Gasteiger partial charge in [0.05, 0.1) is 11.7 Å². The molecule has 1 aromatic rings. The molecule has 1 aromatic heterocycles. The predicted molar refractivity (Wildman–Crippen MR) is 75.1 cm³/mol. The van der Waals surface area contributed by atoms with Gasteiger partial charge < -0.3 is 10.1 Å². The van der Waals surface area contributed by atoms with E-state index in [1.807, 2.05) is 0 Å². The van der Waals surface area contributed by atoms with Crippen molar-refractivity contribution in [3.05, 3.63) is 17.5 Å². The van der Waals surface area contributed by atoms with Gasteiger partial charge in [0.2, 0.25) is 0 Å². The molecule has 1 atom stereocenters. The van der Waals surface area contributed by atoms with Crippen molar-refractivity contribution in [1.82, 2.24) is 15.1 Å². The Kier molecular flexibility index (Phi) is 6.98. The Hall–Kier alpha value is -0.870. The molecule has 0 bridgehead atoms. The smallest absolute Gasteiger partial charge is 0.0624 e. The van der Waals surface area contributed by atoms with Crippen LogP contribution >= 0.6 is 0 Å². The van der Waals surface area contributed by atoms with Gasteiger partial charge in [-0.25, -0.2) is 0 Å². The molecule has 1 heterocycles. The number of methoxy groups -OCH3 is 1. The Bertz CT molecular complexity index is 336. The van der Waals surface area contributed by atoms with E-state index in [1.54, 1.807) is 7.11 Å². The highest BCUT2D eigenvalue weighted by Gasteiger charge is 2.11. The SMILES string of the molecule is CCc1cc(CC)n(C(C)CNCCCOC)n1. The van der Waals surface area contributed by atoms with Gasteiger partial charge >= 0.3 is 0 Å². The molecule has 1 unspecified atom stereocenters. The Morgan fingerprint density at radius 2 is 2.17 bits per heavy atom. The summed E-state index contributed by atoms with van der Waals surface area (Å²) >= 11 is 0. The summed E-state index contributed by atoms with van der Waals surface area (Å²) in [6, 6.07) is 2.63. The van der Waals surface area contributed by atoms with Gasteiger partial charge in [-0.3, -0.25) is 4.68 Å². The average Bonchev–Trinajstić information content (AvgIpc) is 2.81. The van der Waals surface area contributed by atoms with Crippen molar-refractivity contribution in [3.63, 3.8) is 0 Å². The maximum Gasteiger partial charge on any atom is 0.0624 e. The number of hydrogen-bond donors (Lipinski definition) is 1. The minimum Gasteiger partial charge on any atom is -0.385 e. The molecule has 104 valence electrons. The van der Waals surface area contributed by atoms with Gasteiger partial charge in [-0.1, -0.05) is 13.8 Å². The van der Waals surface area contributed by atoms with Crippen LogP contribution in [-0.2, 0) is 17.6 Å². The fourth-order valence-corrected chi connectivity index (χ4v) is 2.05. The highest BCUT2D eigenvalue weighted by molar-refractivity contribution is 5.11. The van der Waals surface area contributed by atoms with Crippen molar-refractivity contribution in [3.8, 4) is 0 Å². The molecule has 0 amide bonds. The van der Waals surface area contributed by atoms with Gasteiger partial charge in [0.25, 0.3) is 0 Å². The minimum atomic E-state index is 0.405. The van der Waals surface area contributed by atoms with Crippen LogP contribution in [0.2, 0.25) is 0 Å². The van der Waals surface area contributed by atoms with E-state index >= 15 is 0 Å². The summed E-state index contributed by atoms with van der Waals surface area (Å²) in [5, 5.41) is 8.12. The molecular formula is C14H27N3O. The number of nitrogens with zero attached hydrogens (tertiary/aromatic N) is 2. The second-order valence-electron chi connectivity index (χ2n) is 4.68. The van der Waals surface area contributed by atoms with Crippen LogP contribution in [0.25, 0.3) is 0 Å². The van der Waals surface area contributed by atoms with Crippen LogP contribution in [0.1, 0.15) is 44.6 Å². The maximum atomic E-state index is 5.03. The lowest BCUT2D eigenvalue weighted by atomic mass is 10.2. The van der Waals surface area contributed by atoms with Gasteiger partial charge in [-0.15, -0.1) is 0 Å². The first kappa shape index (κ1) is 15.2. The molecule has 0 saturated carbocycles. The number of aryl methyl sites for hydroxylation is 2. The summed E-state index contributed by atoms with van der Waals surface area (Å²) in [7, 11) is 1.74. The lowest BCUT2D eigenvalue weighted by molar-refractivity contribution is 0.194. The molecule has 0 saturated heterocycles. The van der Waals surface area contributed by atoms with E-state index in [0.717, 1.165) is 39.0 Å². The summed E-state index contributed by atoms with van der Waals surface area (Å²) in [6.07, 6.45) is 3.11. The van der Waals surface area contributed by atoms with Gasteiger partial charge in [-0.2, -0.15) is 5.10 Å². The first-order valence-corrected chi connectivity index (χ1v) is 6.99. The van der Waals surface area contributed by atoms with E-state index in [9.17, 15) is 0 Å². The van der Waals surface area contributed by atoms with Crippen LogP contribution in [-0.4, -0.2) is 36.6 Å². The number of nitrogens with one attached hydrogen (secondary N) is 1. The molecule has 0 aliphatic heterocycles. The normalized spacial score (nSPS) is 12.9. The van der Waals surface area contributed by atoms with Gasteiger partial charge in [0.15, 0.2) is 0 Å². The highest BCUT2D eigenvalue weighted by Crippen LogP contribution is 2.12. The Morgan fingerprint density at radius 3 is 2.78 bits per heavy atom. The third kappa shape index (κ3) is 4.42. The second-order valence-corrected chi connectivity index (χ2v) is 4.68. The van der Waals surface area contributed by atoms with E-state index in [-0.39, 0.29) is 0 Å². The van der Waals surface area contributed by atoms with Crippen molar-refractivity contribution in [2.45, 2.75) is 46.1 Å². The summed E-state index contributed by atoms with van der Waals surface area (Å²) in [5.74, 6) is 0. The van der Waals surface area contributed by atoms with E-state index in [0.29, 0.717) is 6.04 Å². The monoisotopic (exact) mass is 253 g/mol. The summed E-state index contributed by atoms with van der Waals surface area (Å²) in [4.78, 5) is 0. The zero-order valence-corrected chi connectivity index (χ0v) is 12.2. The standard InChI is InChI=1S/C14H27N3O/c1-5-13-10-14(6-2)17(16-13)12(3)11-15-8-7-9-18-4/h10,12,15H,5-9,11H2,1-4H3. The topological polar surface area (TPSA) is 39.1 Å². The number of hydrogen-bond acceptors (Lipinski definition) is 3. The molecule has 1 rings (SSSR count). The maximum absolute atomic E-state index is 5.03. The van der Waals surface area contributed by atoms with Crippen LogP contribution in [0, 0.1) is 0 Å². The largest absolute Gasteiger partial charge is 0.385 e. The minimum absolute atomic E-state index is 0.405. The van der Waals surface area contributed by atoms with Crippen LogP contribution in [0.5, 0.6) is 0 Å². The van der Waals surface area contributed by atoms with Gasteiger partial charge in [0, 0.05) is 26.0 Å². The van der Waals surface area contributed by atoms with E-state index in [1.165, 1.54) is 11.4 Å². The van der Waals surface area contributed by atoms with Crippen LogP contribution in [0.3, 0.4) is 0 Å². The molecule has 0 radical (unpaired) electrons. The van der Waals surface area contributed by atoms with E-state index in [4.69, 9.17) is 4.74 Å². The quantitative estimate of drug-likeness (QED) is 0.686. The van der Waals surface area contributed by atoms with Crippen molar-refractivity contribution in [2.75, 3.05) is 26.8 Å². The molecule has 0 fully saturated rings. The molecule has 18 heavy (non-hydrogen) atoms. The zero-order chi connectivity index (χ0) is 13.4. The lowest BCUT2D eigenvalue weighted by Gasteiger charge is -2.16. The number of aromatic nitrogens is 2. The molecule has 4 nitrogen and oxygen atoms in total. The van der Waals surface area contributed by atoms with Crippen molar-refractivity contribution in [2.24, 2.45) is 0 Å². The van der Waals surface area contributed by atoms with Crippen molar-refractivity contribution in [1.29, 1.82) is 0 Å². The number of rotatable bonds is 9. The Morgan fingerprint density at radius 1 is 1.39 bits per heavy atom. The van der Waals surface area contributed by atoms with Gasteiger partial charge in [0.1, 0.15) is 0 Å². The van der Waals surface area contributed by atoms with Crippen molar-refractivity contribution < 1.29 is 4.74 Å².